The Balaban J connectivity index is 3.56. The summed E-state index contributed by atoms with van der Waals surface area (Å²) in [6.07, 6.45) is 61.0. The summed E-state index contributed by atoms with van der Waals surface area (Å²) in [5.74, 6) is -0.0882. The Kier molecular flexibility index (Phi) is 38.5. The summed E-state index contributed by atoms with van der Waals surface area (Å²) >= 11 is 0. The maximum Gasteiger partial charge on any atom is 0.220 e. The highest BCUT2D eigenvalue weighted by molar-refractivity contribution is 5.76. The molecule has 0 saturated heterocycles. The van der Waals surface area contributed by atoms with E-state index in [9.17, 15) is 15.0 Å². The van der Waals surface area contributed by atoms with Crippen molar-refractivity contribution in [3.8, 4) is 0 Å². The van der Waals surface area contributed by atoms with E-state index in [1.54, 1.807) is 6.08 Å². The van der Waals surface area contributed by atoms with E-state index in [4.69, 9.17) is 0 Å². The molecule has 0 aliphatic rings. The predicted octanol–water partition coefficient (Wildman–Crippen LogP) is 12.7. The molecule has 4 heteroatoms. The molecule has 0 rings (SSSR count). The number of carbonyl (C=O) groups excluding carboxylic acids is 1. The Hall–Kier alpha value is -2.69. The Morgan fingerprint density at radius 1 is 0.520 bits per heavy atom. The van der Waals surface area contributed by atoms with Crippen molar-refractivity contribution in [1.29, 1.82) is 0 Å². The van der Waals surface area contributed by atoms with Gasteiger partial charge in [-0.15, -0.1) is 0 Å². The molecule has 4 nitrogen and oxygen atoms in total. The largest absolute Gasteiger partial charge is 0.394 e. The standard InChI is InChI=1S/C46H77NO3/c1-3-5-7-9-11-13-14-15-16-17-18-19-20-21-22-23-24-25-26-27-28-29-30-31-32-34-36-38-40-42-46(50)47-44(43-48)45(49)41-39-37-35-33-12-10-8-6-4-2/h4-7,11-13,15-16,18-19,21-22,33,39,41,44-45,48-49H,3,8-10,14,17,20,23-32,34-38,40,42-43H2,1-2H3,(H,47,50)/b6-4+,7-5-,13-11-,16-15-,19-18-,22-21-,33-12+,41-39+. The van der Waals surface area contributed by atoms with E-state index in [-0.39, 0.29) is 12.5 Å². The first-order valence-electron chi connectivity index (χ1n) is 20.4. The number of amides is 1. The van der Waals surface area contributed by atoms with Crippen LogP contribution < -0.4 is 5.32 Å². The smallest absolute Gasteiger partial charge is 0.220 e. The number of allylic oxidation sites excluding steroid dienone is 15. The van der Waals surface area contributed by atoms with Gasteiger partial charge < -0.3 is 15.5 Å². The van der Waals surface area contributed by atoms with Crippen LogP contribution in [-0.2, 0) is 4.79 Å². The van der Waals surface area contributed by atoms with Crippen LogP contribution in [0.2, 0.25) is 0 Å². The third-order valence-electron chi connectivity index (χ3n) is 8.62. The molecule has 3 N–H and O–H groups in total. The third-order valence-corrected chi connectivity index (χ3v) is 8.62. The van der Waals surface area contributed by atoms with Crippen LogP contribution in [-0.4, -0.2) is 34.9 Å². The number of aliphatic hydroxyl groups excluding tert-OH is 2. The first-order chi connectivity index (χ1) is 24.7. The van der Waals surface area contributed by atoms with Crippen LogP contribution in [0.1, 0.15) is 168 Å². The van der Waals surface area contributed by atoms with Gasteiger partial charge in [0.05, 0.1) is 18.8 Å². The molecule has 0 heterocycles. The minimum Gasteiger partial charge on any atom is -0.394 e. The average molecular weight is 692 g/mol. The molecule has 0 fully saturated rings. The topological polar surface area (TPSA) is 69.6 Å². The second kappa shape index (κ2) is 40.7. The molecule has 0 aromatic carbocycles. The van der Waals surface area contributed by atoms with Gasteiger partial charge in [-0.25, -0.2) is 0 Å². The van der Waals surface area contributed by atoms with E-state index in [1.165, 1.54) is 77.0 Å². The summed E-state index contributed by atoms with van der Waals surface area (Å²) in [6.45, 7) is 3.93. The summed E-state index contributed by atoms with van der Waals surface area (Å²) < 4.78 is 0. The van der Waals surface area contributed by atoms with E-state index < -0.39 is 12.1 Å². The van der Waals surface area contributed by atoms with Crippen molar-refractivity contribution in [2.75, 3.05) is 6.61 Å². The van der Waals surface area contributed by atoms with Crippen LogP contribution in [0.25, 0.3) is 0 Å². The van der Waals surface area contributed by atoms with Crippen molar-refractivity contribution in [1.82, 2.24) is 5.32 Å². The van der Waals surface area contributed by atoms with E-state index in [0.29, 0.717) is 6.42 Å². The molecule has 0 saturated carbocycles. The zero-order chi connectivity index (χ0) is 36.4. The van der Waals surface area contributed by atoms with Crippen molar-refractivity contribution in [3.63, 3.8) is 0 Å². The lowest BCUT2D eigenvalue weighted by molar-refractivity contribution is -0.123. The average Bonchev–Trinajstić information content (AvgIpc) is 3.12. The molecule has 0 spiro atoms. The van der Waals surface area contributed by atoms with Gasteiger partial charge in [-0.3, -0.25) is 4.79 Å². The number of nitrogens with one attached hydrogen (secondary N) is 1. The van der Waals surface area contributed by atoms with E-state index in [0.717, 1.165) is 70.6 Å². The van der Waals surface area contributed by atoms with Gasteiger partial charge in [-0.2, -0.15) is 0 Å². The van der Waals surface area contributed by atoms with Gasteiger partial charge in [0.2, 0.25) is 5.91 Å². The van der Waals surface area contributed by atoms with Gasteiger partial charge >= 0.3 is 0 Å². The molecule has 0 aliphatic heterocycles. The molecule has 2 atom stereocenters. The van der Waals surface area contributed by atoms with Gasteiger partial charge in [-0.1, -0.05) is 175 Å². The first-order valence-corrected chi connectivity index (χ1v) is 20.4. The Morgan fingerprint density at radius 3 is 1.40 bits per heavy atom. The van der Waals surface area contributed by atoms with Gasteiger partial charge in [0.1, 0.15) is 0 Å². The fourth-order valence-corrected chi connectivity index (χ4v) is 5.54. The highest BCUT2D eigenvalue weighted by atomic mass is 16.3. The molecule has 2 unspecified atom stereocenters. The number of unbranched alkanes of at least 4 members (excludes halogenated alkanes) is 15. The molecule has 1 amide bonds. The normalized spacial score (nSPS) is 14.1. The summed E-state index contributed by atoms with van der Waals surface area (Å²) in [4.78, 5) is 12.3. The van der Waals surface area contributed by atoms with E-state index in [2.05, 4.69) is 97.3 Å². The summed E-state index contributed by atoms with van der Waals surface area (Å²) in [5, 5.41) is 22.8. The van der Waals surface area contributed by atoms with Crippen LogP contribution in [0.5, 0.6) is 0 Å². The van der Waals surface area contributed by atoms with Crippen molar-refractivity contribution in [3.05, 3.63) is 97.2 Å². The lowest BCUT2D eigenvalue weighted by Crippen LogP contribution is -2.45. The fraction of sp³-hybridized carbons (Fsp3) is 0.630. The predicted molar refractivity (Wildman–Crippen MR) is 220 cm³/mol. The molecule has 0 aliphatic carbocycles. The Bertz CT molecular complexity index is 968. The summed E-state index contributed by atoms with van der Waals surface area (Å²) in [6, 6.07) is -0.648. The maximum absolute atomic E-state index is 12.3. The number of rotatable bonds is 35. The zero-order valence-electron chi connectivity index (χ0n) is 32.4. The minimum absolute atomic E-state index is 0.0882. The highest BCUT2D eigenvalue weighted by Crippen LogP contribution is 2.14. The van der Waals surface area contributed by atoms with Crippen LogP contribution in [0, 0.1) is 0 Å². The van der Waals surface area contributed by atoms with E-state index >= 15 is 0 Å². The highest BCUT2D eigenvalue weighted by Gasteiger charge is 2.17. The molecule has 0 radical (unpaired) electrons. The van der Waals surface area contributed by atoms with Crippen LogP contribution in [0.4, 0.5) is 0 Å². The van der Waals surface area contributed by atoms with Crippen LogP contribution >= 0.6 is 0 Å². The number of carbonyl (C=O) groups is 1. The van der Waals surface area contributed by atoms with Crippen molar-refractivity contribution in [2.24, 2.45) is 0 Å². The van der Waals surface area contributed by atoms with Crippen molar-refractivity contribution < 1.29 is 15.0 Å². The molecular formula is C46H77NO3. The Labute approximate surface area is 309 Å². The minimum atomic E-state index is -0.872. The molecular weight excluding hydrogens is 615 g/mol. The van der Waals surface area contributed by atoms with Gasteiger partial charge in [0.25, 0.3) is 0 Å². The van der Waals surface area contributed by atoms with E-state index in [1.807, 2.05) is 13.0 Å². The van der Waals surface area contributed by atoms with Crippen molar-refractivity contribution >= 4 is 5.91 Å². The first kappa shape index (κ1) is 47.3. The molecule has 0 bridgehead atoms. The molecule has 0 aromatic heterocycles. The quantitative estimate of drug-likeness (QED) is 0.0458. The molecule has 50 heavy (non-hydrogen) atoms. The summed E-state index contributed by atoms with van der Waals surface area (Å²) in [5.41, 5.74) is 0. The Morgan fingerprint density at radius 2 is 0.920 bits per heavy atom. The number of hydrogen-bond acceptors (Lipinski definition) is 3. The van der Waals surface area contributed by atoms with Gasteiger partial charge in [0.15, 0.2) is 0 Å². The van der Waals surface area contributed by atoms with Crippen LogP contribution in [0.3, 0.4) is 0 Å². The fourth-order valence-electron chi connectivity index (χ4n) is 5.54. The number of hydrogen-bond donors (Lipinski definition) is 3. The monoisotopic (exact) mass is 692 g/mol. The maximum atomic E-state index is 12.3. The SMILES string of the molecule is C/C=C/CC/C=C/CC/C=C/C(O)C(CO)NC(=O)CCCCCCCCCCCCCCC/C=C\C/C=C\C/C=C\C/C=C\C/C=C\CC. The second-order valence-corrected chi connectivity index (χ2v) is 13.3. The van der Waals surface area contributed by atoms with Crippen molar-refractivity contribution in [2.45, 2.75) is 180 Å². The van der Waals surface area contributed by atoms with Gasteiger partial charge in [-0.05, 0) is 84.0 Å². The zero-order valence-corrected chi connectivity index (χ0v) is 32.4. The lowest BCUT2D eigenvalue weighted by atomic mass is 10.0. The molecule has 0 aromatic rings. The lowest BCUT2D eigenvalue weighted by Gasteiger charge is -2.19. The third kappa shape index (κ3) is 36.6. The molecule has 284 valence electrons. The summed E-state index contributed by atoms with van der Waals surface area (Å²) in [7, 11) is 0. The van der Waals surface area contributed by atoms with Crippen LogP contribution in [0.15, 0.2) is 97.2 Å². The number of aliphatic hydroxyl groups is 2. The van der Waals surface area contributed by atoms with Gasteiger partial charge in [0, 0.05) is 6.42 Å². The second-order valence-electron chi connectivity index (χ2n) is 13.3.